The lowest BCUT2D eigenvalue weighted by Crippen LogP contribution is -2.48. The van der Waals surface area contributed by atoms with Gasteiger partial charge in [0.2, 0.25) is 11.8 Å². The quantitative estimate of drug-likeness (QED) is 0.782. The number of carbonyl (C=O) groups excluding carboxylic acids is 2. The van der Waals surface area contributed by atoms with Gasteiger partial charge in [-0.15, -0.1) is 0 Å². The molecule has 2 bridgehead atoms. The van der Waals surface area contributed by atoms with E-state index in [9.17, 15) is 9.59 Å². The fourth-order valence-corrected chi connectivity index (χ4v) is 3.95. The molecule has 0 N–H and O–H groups in total. The van der Waals surface area contributed by atoms with Crippen molar-refractivity contribution in [2.45, 2.75) is 38.8 Å². The van der Waals surface area contributed by atoms with Crippen molar-refractivity contribution in [3.63, 3.8) is 0 Å². The summed E-state index contributed by atoms with van der Waals surface area (Å²) in [5.41, 5.74) is 0. The van der Waals surface area contributed by atoms with Gasteiger partial charge in [-0.25, -0.2) is 4.98 Å². The van der Waals surface area contributed by atoms with Crippen LogP contribution >= 0.6 is 0 Å². The topological polar surface area (TPSA) is 61.7 Å². The first-order chi connectivity index (χ1) is 11.9. The molecule has 7 nitrogen and oxygen atoms in total. The number of likely N-dealkylation sites (N-methyl/N-ethyl adjacent to an activating group) is 1. The Bertz CT molecular complexity index is 627. The first-order valence-corrected chi connectivity index (χ1v) is 9.13. The van der Waals surface area contributed by atoms with Crippen LogP contribution in [0.2, 0.25) is 0 Å². The van der Waals surface area contributed by atoms with E-state index >= 15 is 0 Å². The van der Waals surface area contributed by atoms with Crippen molar-refractivity contribution >= 4 is 11.8 Å². The molecule has 0 aromatic carbocycles. The fourth-order valence-electron chi connectivity index (χ4n) is 3.95. The van der Waals surface area contributed by atoms with E-state index in [-0.39, 0.29) is 17.9 Å². The maximum absolute atomic E-state index is 12.8. The van der Waals surface area contributed by atoms with Crippen molar-refractivity contribution in [2.24, 2.45) is 5.92 Å². The molecule has 25 heavy (non-hydrogen) atoms. The van der Waals surface area contributed by atoms with E-state index < -0.39 is 0 Å². The van der Waals surface area contributed by atoms with Gasteiger partial charge >= 0.3 is 0 Å². The summed E-state index contributed by atoms with van der Waals surface area (Å²) in [7, 11) is 3.59. The smallest absolute Gasteiger partial charge is 0.236 e. The average molecular weight is 347 g/mol. The van der Waals surface area contributed by atoms with Crippen LogP contribution in [-0.4, -0.2) is 82.4 Å². The lowest BCUT2D eigenvalue weighted by atomic mass is 9.94. The maximum Gasteiger partial charge on any atom is 0.236 e. The number of aromatic nitrogens is 2. The Labute approximate surface area is 149 Å². The summed E-state index contributed by atoms with van der Waals surface area (Å²) < 4.78 is 2.02. The molecule has 3 fully saturated rings. The lowest BCUT2D eigenvalue weighted by Gasteiger charge is -2.36. The highest BCUT2D eigenvalue weighted by Crippen LogP contribution is 2.28. The van der Waals surface area contributed by atoms with Crippen LogP contribution in [0.15, 0.2) is 12.4 Å². The predicted octanol–water partition coefficient (Wildman–Crippen LogP) is 0.593. The van der Waals surface area contributed by atoms with Crippen LogP contribution in [0.4, 0.5) is 0 Å². The molecule has 0 aliphatic carbocycles. The Balaban J connectivity index is 1.59. The highest BCUT2D eigenvalue weighted by Gasteiger charge is 2.37. The van der Waals surface area contributed by atoms with E-state index in [4.69, 9.17) is 0 Å². The van der Waals surface area contributed by atoms with E-state index in [2.05, 4.69) is 14.8 Å². The molecular weight excluding hydrogens is 318 g/mol. The minimum atomic E-state index is 0.134. The summed E-state index contributed by atoms with van der Waals surface area (Å²) in [5.74, 6) is 1.78. The monoisotopic (exact) mass is 347 g/mol. The van der Waals surface area contributed by atoms with Crippen molar-refractivity contribution < 1.29 is 9.59 Å². The largest absolute Gasteiger partial charge is 0.348 e. The molecule has 1 aromatic rings. The first kappa shape index (κ1) is 17.9. The predicted molar refractivity (Wildman–Crippen MR) is 94.9 cm³/mol. The molecule has 2 unspecified atom stereocenters. The first-order valence-electron chi connectivity index (χ1n) is 9.13. The molecule has 0 saturated carbocycles. The molecule has 4 heterocycles. The van der Waals surface area contributed by atoms with Gasteiger partial charge in [0, 0.05) is 65.1 Å². The third kappa shape index (κ3) is 4.21. The van der Waals surface area contributed by atoms with Gasteiger partial charge in [-0.2, -0.15) is 0 Å². The molecule has 2 atom stereocenters. The molecule has 3 saturated heterocycles. The second-order valence-electron chi connectivity index (χ2n) is 7.54. The Hall–Kier alpha value is -1.89. The molecule has 1 aromatic heterocycles. The Morgan fingerprint density at radius 2 is 2.04 bits per heavy atom. The minimum absolute atomic E-state index is 0.134. The van der Waals surface area contributed by atoms with Gasteiger partial charge in [0.25, 0.3) is 0 Å². The number of fused-ring (bicyclic) bond motifs is 4. The second kappa shape index (κ2) is 7.56. The van der Waals surface area contributed by atoms with Crippen LogP contribution in [0.25, 0.3) is 0 Å². The van der Waals surface area contributed by atoms with Crippen LogP contribution in [0.3, 0.4) is 0 Å². The van der Waals surface area contributed by atoms with Gasteiger partial charge < -0.3 is 14.4 Å². The summed E-state index contributed by atoms with van der Waals surface area (Å²) in [6.07, 6.45) is 6.41. The van der Waals surface area contributed by atoms with Gasteiger partial charge in [-0.1, -0.05) is 0 Å². The van der Waals surface area contributed by atoms with Crippen LogP contribution in [0.1, 0.15) is 25.1 Å². The van der Waals surface area contributed by atoms with Gasteiger partial charge in [0.05, 0.1) is 6.54 Å². The number of aryl methyl sites for hydroxylation is 2. The standard InChI is InChI=1S/C18H29N5O2/c1-14-19-7-9-22(14)8-6-17(24)23-11-15-4-5-16(23)12-21(10-15)13-18(25)20(2)3/h7,9,15-16H,4-6,8,10-13H2,1-3H3. The van der Waals surface area contributed by atoms with E-state index in [1.807, 2.05) is 17.7 Å². The lowest BCUT2D eigenvalue weighted by molar-refractivity contribution is -0.135. The molecule has 7 heteroatoms. The van der Waals surface area contributed by atoms with Crippen molar-refractivity contribution in [3.8, 4) is 0 Å². The van der Waals surface area contributed by atoms with Crippen LogP contribution < -0.4 is 0 Å². The Kier molecular flexibility index (Phi) is 5.42. The zero-order valence-corrected chi connectivity index (χ0v) is 15.5. The molecule has 138 valence electrons. The van der Waals surface area contributed by atoms with Crippen LogP contribution in [0, 0.1) is 12.8 Å². The van der Waals surface area contributed by atoms with Crippen molar-refractivity contribution in [1.29, 1.82) is 0 Å². The Morgan fingerprint density at radius 3 is 2.72 bits per heavy atom. The zero-order chi connectivity index (χ0) is 18.0. The minimum Gasteiger partial charge on any atom is -0.348 e. The third-order valence-electron chi connectivity index (χ3n) is 5.46. The highest BCUT2D eigenvalue weighted by molar-refractivity contribution is 5.78. The van der Waals surface area contributed by atoms with Gasteiger partial charge in [-0.05, 0) is 25.7 Å². The fraction of sp³-hybridized carbons (Fsp3) is 0.722. The van der Waals surface area contributed by atoms with E-state index in [1.165, 1.54) is 0 Å². The molecule has 3 aliphatic rings. The van der Waals surface area contributed by atoms with E-state index in [0.29, 0.717) is 25.4 Å². The number of nitrogens with zero attached hydrogens (tertiary/aromatic N) is 5. The average Bonchev–Trinajstić information content (AvgIpc) is 2.79. The third-order valence-corrected chi connectivity index (χ3v) is 5.46. The molecule has 4 rings (SSSR count). The molecule has 0 spiro atoms. The van der Waals surface area contributed by atoms with Crippen LogP contribution in [0.5, 0.6) is 0 Å². The number of carbonyl (C=O) groups is 2. The van der Waals surface area contributed by atoms with E-state index in [1.54, 1.807) is 25.2 Å². The summed E-state index contributed by atoms with van der Waals surface area (Å²) in [4.78, 5) is 35.0. The van der Waals surface area contributed by atoms with Gasteiger partial charge in [-0.3, -0.25) is 14.5 Å². The number of imidazole rings is 1. The summed E-state index contributed by atoms with van der Waals surface area (Å²) in [6, 6.07) is 0.241. The number of rotatable bonds is 5. The normalized spacial score (nSPS) is 23.6. The van der Waals surface area contributed by atoms with Crippen molar-refractivity contribution in [1.82, 2.24) is 24.3 Å². The second-order valence-corrected chi connectivity index (χ2v) is 7.54. The number of piperidine rings is 1. The summed E-state index contributed by atoms with van der Waals surface area (Å²) >= 11 is 0. The van der Waals surface area contributed by atoms with Gasteiger partial charge in [0.1, 0.15) is 5.82 Å². The molecule has 3 aliphatic heterocycles. The molecule has 0 radical (unpaired) electrons. The summed E-state index contributed by atoms with van der Waals surface area (Å²) in [6.45, 7) is 5.65. The number of amides is 2. The Morgan fingerprint density at radius 1 is 1.24 bits per heavy atom. The number of hydrogen-bond acceptors (Lipinski definition) is 4. The van der Waals surface area contributed by atoms with Gasteiger partial charge in [0.15, 0.2) is 0 Å². The maximum atomic E-state index is 12.8. The summed E-state index contributed by atoms with van der Waals surface area (Å²) in [5, 5.41) is 0. The SMILES string of the molecule is Cc1nccn1CCC(=O)N1CC2CCC1CN(CC(=O)N(C)C)C2. The molecule has 2 amide bonds. The van der Waals surface area contributed by atoms with Crippen LogP contribution in [-0.2, 0) is 16.1 Å². The van der Waals surface area contributed by atoms with Crippen molar-refractivity contribution in [3.05, 3.63) is 18.2 Å². The van der Waals surface area contributed by atoms with Crippen molar-refractivity contribution in [2.75, 3.05) is 40.3 Å². The van der Waals surface area contributed by atoms with E-state index in [0.717, 1.165) is 38.3 Å². The molecular formula is C18H29N5O2. The highest BCUT2D eigenvalue weighted by atomic mass is 16.2. The number of hydrogen-bond donors (Lipinski definition) is 0. The zero-order valence-electron chi connectivity index (χ0n) is 15.5.